The lowest BCUT2D eigenvalue weighted by atomic mass is 10.1. The molecular formula is C23H29N3O6S. The Kier molecular flexibility index (Phi) is 8.81. The van der Waals surface area contributed by atoms with E-state index in [-0.39, 0.29) is 5.91 Å². The molecule has 0 aliphatic carbocycles. The number of carboxylic acid groups (broad SMARTS) is 2. The number of fused-ring (bicyclic) bond motifs is 1. The zero-order chi connectivity index (χ0) is 23.8. The molecule has 0 spiro atoms. The van der Waals surface area contributed by atoms with Crippen LogP contribution in [-0.2, 0) is 33.9 Å². The second kappa shape index (κ2) is 11.8. The predicted molar refractivity (Wildman–Crippen MR) is 123 cm³/mol. The van der Waals surface area contributed by atoms with Gasteiger partial charge in [0.1, 0.15) is 5.75 Å². The van der Waals surface area contributed by atoms with Crippen LogP contribution in [0.3, 0.4) is 0 Å². The molecule has 3 heterocycles. The number of piperazine rings is 1. The van der Waals surface area contributed by atoms with Crippen molar-refractivity contribution >= 4 is 29.2 Å². The van der Waals surface area contributed by atoms with Gasteiger partial charge in [-0.1, -0.05) is 12.1 Å². The maximum absolute atomic E-state index is 12.5. The number of amides is 1. The van der Waals surface area contributed by atoms with Crippen LogP contribution in [0, 0.1) is 0 Å². The topological polar surface area (TPSA) is 111 Å². The van der Waals surface area contributed by atoms with Crippen molar-refractivity contribution in [2.75, 3.05) is 46.4 Å². The highest BCUT2D eigenvalue weighted by Crippen LogP contribution is 2.26. The van der Waals surface area contributed by atoms with Crippen LogP contribution in [0.5, 0.6) is 5.75 Å². The van der Waals surface area contributed by atoms with Crippen molar-refractivity contribution in [3.8, 4) is 5.75 Å². The molecule has 10 heteroatoms. The number of carboxylic acids is 2. The van der Waals surface area contributed by atoms with Crippen LogP contribution in [-0.4, -0.2) is 89.1 Å². The van der Waals surface area contributed by atoms with Gasteiger partial charge in [-0.05, 0) is 39.6 Å². The number of nitrogens with zero attached hydrogens (tertiary/aromatic N) is 3. The summed E-state index contributed by atoms with van der Waals surface area (Å²) in [5.74, 6) is -2.40. The molecule has 2 N–H and O–H groups in total. The van der Waals surface area contributed by atoms with Gasteiger partial charge >= 0.3 is 11.9 Å². The summed E-state index contributed by atoms with van der Waals surface area (Å²) in [6.07, 6.45) is 1.03. The minimum absolute atomic E-state index is 0.202. The van der Waals surface area contributed by atoms with Crippen molar-refractivity contribution in [2.45, 2.75) is 19.5 Å². The van der Waals surface area contributed by atoms with Crippen LogP contribution in [0.4, 0.5) is 0 Å². The summed E-state index contributed by atoms with van der Waals surface area (Å²) in [6.45, 7) is 6.93. The van der Waals surface area contributed by atoms with Crippen molar-refractivity contribution in [1.82, 2.24) is 14.7 Å². The number of rotatable bonds is 6. The third-order valence-corrected chi connectivity index (χ3v) is 6.32. The van der Waals surface area contributed by atoms with Crippen molar-refractivity contribution in [1.29, 1.82) is 0 Å². The lowest BCUT2D eigenvalue weighted by Gasteiger charge is -2.35. The van der Waals surface area contributed by atoms with E-state index in [0.29, 0.717) is 13.1 Å². The maximum atomic E-state index is 12.5. The van der Waals surface area contributed by atoms with E-state index in [1.807, 2.05) is 11.9 Å². The molecule has 2 aliphatic rings. The van der Waals surface area contributed by atoms with Crippen molar-refractivity contribution < 1.29 is 29.3 Å². The monoisotopic (exact) mass is 475 g/mol. The predicted octanol–water partition coefficient (Wildman–Crippen LogP) is 1.61. The SMILES string of the molecule is CN(Cc1ccsc1)C(=O)CN1CCN(Cc2ccc3c(c2)CCO3)CC1.O=C(O)C(=O)O. The van der Waals surface area contributed by atoms with E-state index < -0.39 is 11.9 Å². The molecule has 1 saturated heterocycles. The molecular weight excluding hydrogens is 446 g/mol. The third kappa shape index (κ3) is 7.55. The number of benzene rings is 1. The summed E-state index contributed by atoms with van der Waals surface area (Å²) in [4.78, 5) is 37.3. The van der Waals surface area contributed by atoms with Crippen molar-refractivity contribution in [2.24, 2.45) is 0 Å². The average Bonchev–Trinajstić information content (AvgIpc) is 3.47. The average molecular weight is 476 g/mol. The van der Waals surface area contributed by atoms with Gasteiger partial charge in [-0.15, -0.1) is 0 Å². The summed E-state index contributed by atoms with van der Waals surface area (Å²) >= 11 is 1.68. The number of ether oxygens (including phenoxy) is 1. The minimum Gasteiger partial charge on any atom is -0.493 e. The van der Waals surface area contributed by atoms with Gasteiger partial charge in [-0.25, -0.2) is 9.59 Å². The number of thiophene rings is 1. The van der Waals surface area contributed by atoms with E-state index >= 15 is 0 Å². The van der Waals surface area contributed by atoms with E-state index in [2.05, 4.69) is 44.8 Å². The van der Waals surface area contributed by atoms with E-state index in [0.717, 1.165) is 51.5 Å². The Morgan fingerprint density at radius 2 is 1.73 bits per heavy atom. The van der Waals surface area contributed by atoms with E-state index in [1.165, 1.54) is 16.7 Å². The van der Waals surface area contributed by atoms with Crippen LogP contribution in [0.25, 0.3) is 0 Å². The van der Waals surface area contributed by atoms with Gasteiger partial charge in [-0.2, -0.15) is 11.3 Å². The number of hydrogen-bond donors (Lipinski definition) is 2. The number of carbonyl (C=O) groups is 3. The first-order valence-corrected chi connectivity index (χ1v) is 11.7. The fourth-order valence-electron chi connectivity index (χ4n) is 3.76. The van der Waals surface area contributed by atoms with Gasteiger partial charge in [0.25, 0.3) is 0 Å². The number of aliphatic carboxylic acids is 2. The number of hydrogen-bond acceptors (Lipinski definition) is 7. The fraction of sp³-hybridized carbons (Fsp3) is 0.435. The Bertz CT molecular complexity index is 945. The zero-order valence-electron chi connectivity index (χ0n) is 18.6. The molecule has 1 amide bonds. The largest absolute Gasteiger partial charge is 0.493 e. The Labute approximate surface area is 196 Å². The first-order chi connectivity index (χ1) is 15.8. The molecule has 1 aromatic heterocycles. The minimum atomic E-state index is -1.82. The Morgan fingerprint density at radius 3 is 2.36 bits per heavy atom. The molecule has 1 aromatic carbocycles. The lowest BCUT2D eigenvalue weighted by molar-refractivity contribution is -0.159. The van der Waals surface area contributed by atoms with Gasteiger partial charge in [0.2, 0.25) is 5.91 Å². The molecule has 4 rings (SSSR count). The highest BCUT2D eigenvalue weighted by molar-refractivity contribution is 7.07. The summed E-state index contributed by atoms with van der Waals surface area (Å²) in [7, 11) is 1.90. The number of carbonyl (C=O) groups excluding carboxylic acids is 1. The van der Waals surface area contributed by atoms with Crippen LogP contribution in [0.15, 0.2) is 35.0 Å². The maximum Gasteiger partial charge on any atom is 0.414 e. The van der Waals surface area contributed by atoms with Crippen LogP contribution < -0.4 is 4.74 Å². The molecule has 2 aliphatic heterocycles. The van der Waals surface area contributed by atoms with Gasteiger partial charge < -0.3 is 19.8 Å². The molecule has 33 heavy (non-hydrogen) atoms. The smallest absolute Gasteiger partial charge is 0.414 e. The van der Waals surface area contributed by atoms with Gasteiger partial charge in [0, 0.05) is 52.7 Å². The number of likely N-dealkylation sites (N-methyl/N-ethyl adjacent to an activating group) is 1. The second-order valence-electron chi connectivity index (χ2n) is 8.08. The highest BCUT2D eigenvalue weighted by Gasteiger charge is 2.21. The Balaban J connectivity index is 0.000000454. The first kappa shape index (κ1) is 24.7. The molecule has 178 valence electrons. The van der Waals surface area contributed by atoms with Crippen LogP contribution in [0.1, 0.15) is 16.7 Å². The second-order valence-corrected chi connectivity index (χ2v) is 8.86. The van der Waals surface area contributed by atoms with E-state index in [9.17, 15) is 4.79 Å². The molecule has 0 unspecified atom stereocenters. The highest BCUT2D eigenvalue weighted by atomic mass is 32.1. The first-order valence-electron chi connectivity index (χ1n) is 10.7. The summed E-state index contributed by atoms with van der Waals surface area (Å²) in [5.41, 5.74) is 3.91. The lowest BCUT2D eigenvalue weighted by Crippen LogP contribution is -2.49. The molecule has 0 radical (unpaired) electrons. The summed E-state index contributed by atoms with van der Waals surface area (Å²) in [5, 5.41) is 18.9. The quantitative estimate of drug-likeness (QED) is 0.607. The molecule has 0 bridgehead atoms. The fourth-order valence-corrected chi connectivity index (χ4v) is 4.42. The Morgan fingerprint density at radius 1 is 1.03 bits per heavy atom. The summed E-state index contributed by atoms with van der Waals surface area (Å²) < 4.78 is 5.59. The molecule has 2 aromatic rings. The van der Waals surface area contributed by atoms with Crippen LogP contribution in [0.2, 0.25) is 0 Å². The molecule has 0 atom stereocenters. The Hall–Kier alpha value is -2.95. The van der Waals surface area contributed by atoms with Crippen LogP contribution >= 0.6 is 11.3 Å². The molecule has 0 saturated carbocycles. The third-order valence-electron chi connectivity index (χ3n) is 5.59. The van der Waals surface area contributed by atoms with Crippen molar-refractivity contribution in [3.63, 3.8) is 0 Å². The molecule has 1 fully saturated rings. The van der Waals surface area contributed by atoms with Gasteiger partial charge in [0.05, 0.1) is 13.2 Å². The van der Waals surface area contributed by atoms with Crippen molar-refractivity contribution in [3.05, 3.63) is 51.7 Å². The standard InChI is InChI=1S/C21H27N3O2S.C2H2O4/c1-22(13-18-5-11-27-16-18)21(25)15-24-8-6-23(7-9-24)14-17-2-3-20-19(12-17)4-10-26-20;3-1(4)2(5)6/h2-3,5,11-12,16H,4,6-10,13-15H2,1H3;(H,3,4)(H,5,6). The summed E-state index contributed by atoms with van der Waals surface area (Å²) in [6, 6.07) is 8.66. The van der Waals surface area contributed by atoms with E-state index in [1.54, 1.807) is 11.3 Å². The normalized spacial score (nSPS) is 15.7. The van der Waals surface area contributed by atoms with Gasteiger partial charge in [0.15, 0.2) is 0 Å². The van der Waals surface area contributed by atoms with E-state index in [4.69, 9.17) is 24.5 Å². The molecule has 9 nitrogen and oxygen atoms in total. The van der Waals surface area contributed by atoms with Gasteiger partial charge in [-0.3, -0.25) is 14.6 Å². The zero-order valence-corrected chi connectivity index (χ0v) is 19.4.